The van der Waals surface area contributed by atoms with Gasteiger partial charge in [0, 0.05) is 13.1 Å². The van der Waals surface area contributed by atoms with Crippen LogP contribution in [0.4, 0.5) is 8.78 Å². The van der Waals surface area contributed by atoms with E-state index in [0.29, 0.717) is 50.3 Å². The molecule has 3 unspecified atom stereocenters. The van der Waals surface area contributed by atoms with Gasteiger partial charge in [-0.2, -0.15) is 0 Å². The van der Waals surface area contributed by atoms with E-state index in [1.54, 1.807) is 12.1 Å². The molecular weight excluding hydrogens is 392 g/mol. The number of nitrogens with zero attached hydrogens (tertiary/aromatic N) is 1. The van der Waals surface area contributed by atoms with Gasteiger partial charge in [-0.3, -0.25) is 0 Å². The van der Waals surface area contributed by atoms with E-state index in [4.69, 9.17) is 9.47 Å². The minimum Gasteiger partial charge on any atom is -0.487 e. The number of fused-ring (bicyclic) bond motifs is 2. The summed E-state index contributed by atoms with van der Waals surface area (Å²) in [6, 6.07) is 8.84. The number of ether oxygens (including phenoxy) is 2. The van der Waals surface area contributed by atoms with Crippen LogP contribution in [0.15, 0.2) is 36.4 Å². The Bertz CT molecular complexity index is 822. The van der Waals surface area contributed by atoms with Gasteiger partial charge >= 0.3 is 0 Å². The summed E-state index contributed by atoms with van der Waals surface area (Å²) in [5.41, 5.74) is 1.63. The second-order valence-electron chi connectivity index (χ2n) is 8.25. The zero-order chi connectivity index (χ0) is 21.3. The Hall–Kier alpha value is -2.22. The fourth-order valence-corrected chi connectivity index (χ4v) is 4.25. The van der Waals surface area contributed by atoms with Crippen LogP contribution in [0.2, 0.25) is 0 Å². The van der Waals surface area contributed by atoms with E-state index >= 15 is 0 Å². The van der Waals surface area contributed by atoms with Crippen LogP contribution in [0.3, 0.4) is 0 Å². The second kappa shape index (κ2) is 8.88. The first-order chi connectivity index (χ1) is 14.4. The number of hydrogen-bond donors (Lipinski definition) is 2. The maximum absolute atomic E-state index is 13.3. The molecule has 2 aliphatic heterocycles. The van der Waals surface area contributed by atoms with Crippen molar-refractivity contribution in [1.82, 2.24) is 4.90 Å². The highest BCUT2D eigenvalue weighted by Gasteiger charge is 2.30. The van der Waals surface area contributed by atoms with Crippen LogP contribution >= 0.6 is 0 Å². The molecule has 0 fully saturated rings. The number of benzene rings is 2. The standard InChI is InChI=1S/C23H27F2NO4/c1-26(12-18(27)22-6-2-14-10-16(24)4-8-20(14)29-22)13-19(28)23-7-3-15-11-17(25)5-9-21(15)30-23/h4-5,8-11,18-19,22-23,27-28H,2-3,6-7,12-13H2,1H3/t18?,19?,22-,23?/m1/s1. The Kier molecular flexibility index (Phi) is 6.22. The van der Waals surface area contributed by atoms with Gasteiger partial charge in [0.05, 0.1) is 0 Å². The van der Waals surface area contributed by atoms with Crippen molar-refractivity contribution in [2.75, 3.05) is 20.1 Å². The molecule has 0 bridgehead atoms. The summed E-state index contributed by atoms with van der Waals surface area (Å²) in [5, 5.41) is 21.2. The van der Waals surface area contributed by atoms with Gasteiger partial charge in [-0.15, -0.1) is 0 Å². The van der Waals surface area contributed by atoms with E-state index in [0.717, 1.165) is 11.1 Å². The summed E-state index contributed by atoms with van der Waals surface area (Å²) in [5.74, 6) is 0.644. The molecular formula is C23H27F2NO4. The van der Waals surface area contributed by atoms with E-state index in [9.17, 15) is 19.0 Å². The molecule has 0 aliphatic carbocycles. The van der Waals surface area contributed by atoms with Gasteiger partial charge in [0.25, 0.3) is 0 Å². The van der Waals surface area contributed by atoms with Crippen LogP contribution in [0.1, 0.15) is 24.0 Å². The normalized spacial score (nSPS) is 22.5. The minimum atomic E-state index is -0.739. The number of rotatable bonds is 6. The predicted octanol–water partition coefficient (Wildman–Crippen LogP) is 2.71. The predicted molar refractivity (Wildman–Crippen MR) is 108 cm³/mol. The van der Waals surface area contributed by atoms with Crippen molar-refractivity contribution >= 4 is 0 Å². The smallest absolute Gasteiger partial charge is 0.126 e. The van der Waals surface area contributed by atoms with E-state index in [-0.39, 0.29) is 23.8 Å². The number of aryl methyl sites for hydroxylation is 2. The van der Waals surface area contributed by atoms with Gasteiger partial charge in [-0.05, 0) is 80.3 Å². The highest BCUT2D eigenvalue weighted by Crippen LogP contribution is 2.31. The molecule has 0 spiro atoms. The first-order valence-corrected chi connectivity index (χ1v) is 10.3. The largest absolute Gasteiger partial charge is 0.487 e. The first kappa shape index (κ1) is 21.0. The van der Waals surface area contributed by atoms with E-state index in [2.05, 4.69) is 0 Å². The molecule has 0 radical (unpaired) electrons. The van der Waals surface area contributed by atoms with Gasteiger partial charge in [0.15, 0.2) is 0 Å². The lowest BCUT2D eigenvalue weighted by Crippen LogP contribution is -2.47. The van der Waals surface area contributed by atoms with Crippen molar-refractivity contribution in [3.05, 3.63) is 59.2 Å². The van der Waals surface area contributed by atoms with Gasteiger partial charge in [-0.1, -0.05) is 0 Å². The van der Waals surface area contributed by atoms with E-state index in [1.807, 2.05) is 11.9 Å². The third-order valence-electron chi connectivity index (χ3n) is 5.85. The molecule has 0 saturated carbocycles. The molecule has 162 valence electrons. The Morgan fingerprint density at radius 1 is 0.867 bits per heavy atom. The molecule has 30 heavy (non-hydrogen) atoms. The van der Waals surface area contributed by atoms with Crippen molar-refractivity contribution in [3.8, 4) is 11.5 Å². The van der Waals surface area contributed by atoms with Gasteiger partial charge < -0.3 is 24.6 Å². The van der Waals surface area contributed by atoms with Crippen molar-refractivity contribution in [2.24, 2.45) is 0 Å². The third-order valence-corrected chi connectivity index (χ3v) is 5.85. The monoisotopic (exact) mass is 419 g/mol. The number of hydrogen-bond acceptors (Lipinski definition) is 5. The average Bonchev–Trinajstić information content (AvgIpc) is 2.72. The van der Waals surface area contributed by atoms with Crippen LogP contribution < -0.4 is 9.47 Å². The maximum Gasteiger partial charge on any atom is 0.126 e. The lowest BCUT2D eigenvalue weighted by Gasteiger charge is -2.34. The topological polar surface area (TPSA) is 62.2 Å². The van der Waals surface area contributed by atoms with Gasteiger partial charge in [0.1, 0.15) is 47.5 Å². The summed E-state index contributed by atoms with van der Waals surface area (Å²) in [6.45, 7) is 0.652. The zero-order valence-corrected chi connectivity index (χ0v) is 16.9. The molecule has 2 heterocycles. The van der Waals surface area contributed by atoms with Crippen LogP contribution in [-0.2, 0) is 12.8 Å². The lowest BCUT2D eigenvalue weighted by atomic mass is 9.98. The molecule has 7 heteroatoms. The Balaban J connectivity index is 1.28. The number of likely N-dealkylation sites (N-methyl/N-ethyl adjacent to an activating group) is 1. The Morgan fingerprint density at radius 3 is 1.73 bits per heavy atom. The van der Waals surface area contributed by atoms with E-state index < -0.39 is 12.2 Å². The molecule has 0 saturated heterocycles. The fourth-order valence-electron chi connectivity index (χ4n) is 4.25. The van der Waals surface area contributed by atoms with Crippen LogP contribution in [-0.4, -0.2) is 59.7 Å². The second-order valence-corrected chi connectivity index (χ2v) is 8.25. The molecule has 2 N–H and O–H groups in total. The molecule has 4 atom stereocenters. The molecule has 5 nitrogen and oxygen atoms in total. The SMILES string of the molecule is CN(CC(O)C1CCc2cc(F)ccc2O1)CC(O)[C@H]1CCc2cc(F)ccc2O1. The van der Waals surface area contributed by atoms with Gasteiger partial charge in [0.2, 0.25) is 0 Å². The minimum absolute atomic E-state index is 0.289. The molecule has 0 amide bonds. The molecule has 2 aliphatic rings. The van der Waals surface area contributed by atoms with Crippen molar-refractivity contribution in [1.29, 1.82) is 0 Å². The fraction of sp³-hybridized carbons (Fsp3) is 0.478. The van der Waals surface area contributed by atoms with Crippen LogP contribution in [0.25, 0.3) is 0 Å². The first-order valence-electron chi connectivity index (χ1n) is 10.3. The number of aliphatic hydroxyl groups excluding tert-OH is 2. The average molecular weight is 419 g/mol. The lowest BCUT2D eigenvalue weighted by molar-refractivity contribution is -0.0212. The van der Waals surface area contributed by atoms with Crippen molar-refractivity contribution < 1.29 is 28.5 Å². The molecule has 2 aromatic rings. The molecule has 2 aromatic carbocycles. The Labute approximate surface area is 174 Å². The number of halogens is 2. The number of aliphatic hydroxyl groups is 2. The quantitative estimate of drug-likeness (QED) is 0.754. The summed E-state index contributed by atoms with van der Waals surface area (Å²) >= 11 is 0. The highest BCUT2D eigenvalue weighted by molar-refractivity contribution is 5.36. The summed E-state index contributed by atoms with van der Waals surface area (Å²) in [7, 11) is 1.82. The van der Waals surface area contributed by atoms with E-state index in [1.165, 1.54) is 24.3 Å². The Morgan fingerprint density at radius 2 is 1.30 bits per heavy atom. The van der Waals surface area contributed by atoms with Gasteiger partial charge in [-0.25, -0.2) is 8.78 Å². The summed E-state index contributed by atoms with van der Waals surface area (Å²) in [4.78, 5) is 1.85. The van der Waals surface area contributed by atoms with Crippen molar-refractivity contribution in [3.63, 3.8) is 0 Å². The van der Waals surface area contributed by atoms with Crippen molar-refractivity contribution in [2.45, 2.75) is 50.1 Å². The highest BCUT2D eigenvalue weighted by atomic mass is 19.1. The summed E-state index contributed by atoms with van der Waals surface area (Å²) < 4.78 is 38.4. The zero-order valence-electron chi connectivity index (χ0n) is 16.9. The summed E-state index contributed by atoms with van der Waals surface area (Å²) in [6.07, 6.45) is 0.271. The molecule has 4 rings (SSSR count). The van der Waals surface area contributed by atoms with Crippen LogP contribution in [0, 0.1) is 11.6 Å². The maximum atomic E-state index is 13.3. The van der Waals surface area contributed by atoms with Crippen LogP contribution in [0.5, 0.6) is 11.5 Å². The third kappa shape index (κ3) is 4.74. The molecule has 0 aromatic heterocycles.